The molecular formula is C11H13NO5. The number of aromatic hydroxyl groups is 1. The molecule has 1 aromatic rings. The van der Waals surface area contributed by atoms with Gasteiger partial charge in [-0.05, 0) is 13.3 Å². The summed E-state index contributed by atoms with van der Waals surface area (Å²) in [4.78, 5) is 26.2. The molecule has 1 aromatic heterocycles. The fourth-order valence-corrected chi connectivity index (χ4v) is 1.23. The van der Waals surface area contributed by atoms with Crippen molar-refractivity contribution in [1.29, 1.82) is 0 Å². The van der Waals surface area contributed by atoms with Crippen LogP contribution >= 0.6 is 0 Å². The van der Waals surface area contributed by atoms with Crippen LogP contribution in [0.15, 0.2) is 6.20 Å². The lowest BCUT2D eigenvalue weighted by molar-refractivity contribution is 0.0490. The Bertz CT molecular complexity index is 455. The number of nitrogens with zero attached hydrogens (tertiary/aromatic N) is 1. The summed E-state index contributed by atoms with van der Waals surface area (Å²) in [5.41, 5.74) is -0.536. The van der Waals surface area contributed by atoms with Crippen LogP contribution in [0.3, 0.4) is 0 Å². The van der Waals surface area contributed by atoms with E-state index in [1.807, 2.05) is 6.92 Å². The third kappa shape index (κ3) is 2.72. The molecule has 0 saturated carbocycles. The van der Waals surface area contributed by atoms with Gasteiger partial charge in [0, 0.05) is 6.20 Å². The number of carbonyl (C=O) groups excluding carboxylic acids is 1. The first kappa shape index (κ1) is 13.0. The summed E-state index contributed by atoms with van der Waals surface area (Å²) >= 11 is 0. The molecule has 0 atom stereocenters. The van der Waals surface area contributed by atoms with E-state index in [1.54, 1.807) is 0 Å². The highest BCUT2D eigenvalue weighted by atomic mass is 16.5. The van der Waals surface area contributed by atoms with Crippen LogP contribution in [-0.2, 0) is 4.74 Å². The molecule has 0 saturated heterocycles. The molecule has 17 heavy (non-hydrogen) atoms. The first-order valence-corrected chi connectivity index (χ1v) is 5.08. The van der Waals surface area contributed by atoms with Crippen molar-refractivity contribution < 1.29 is 24.5 Å². The third-order valence-electron chi connectivity index (χ3n) is 2.11. The molecule has 2 N–H and O–H groups in total. The highest BCUT2D eigenvalue weighted by molar-refractivity contribution is 6.04. The van der Waals surface area contributed by atoms with Gasteiger partial charge in [-0.25, -0.2) is 9.59 Å². The van der Waals surface area contributed by atoms with Gasteiger partial charge >= 0.3 is 11.9 Å². The van der Waals surface area contributed by atoms with Crippen molar-refractivity contribution in [2.45, 2.75) is 20.3 Å². The summed E-state index contributed by atoms with van der Waals surface area (Å²) in [6, 6.07) is 0. The number of aromatic nitrogens is 1. The van der Waals surface area contributed by atoms with Crippen LogP contribution in [0.2, 0.25) is 0 Å². The van der Waals surface area contributed by atoms with Crippen molar-refractivity contribution in [3.05, 3.63) is 23.0 Å². The lowest BCUT2D eigenvalue weighted by Crippen LogP contribution is -2.13. The molecule has 0 fully saturated rings. The average molecular weight is 239 g/mol. The number of aryl methyl sites for hydroxylation is 1. The molecule has 0 spiro atoms. The van der Waals surface area contributed by atoms with Crippen LogP contribution < -0.4 is 0 Å². The normalized spacial score (nSPS) is 10.0. The Labute approximate surface area is 97.9 Å². The molecule has 0 aromatic carbocycles. The number of pyridine rings is 1. The van der Waals surface area contributed by atoms with Gasteiger partial charge < -0.3 is 14.9 Å². The molecule has 0 unspecified atom stereocenters. The summed E-state index contributed by atoms with van der Waals surface area (Å²) < 4.78 is 4.81. The van der Waals surface area contributed by atoms with Crippen LogP contribution in [0.1, 0.15) is 39.8 Å². The highest BCUT2D eigenvalue weighted by Gasteiger charge is 2.24. The monoisotopic (exact) mass is 239 g/mol. The van der Waals surface area contributed by atoms with Gasteiger partial charge in [0.05, 0.1) is 17.9 Å². The van der Waals surface area contributed by atoms with Crippen LogP contribution in [0.25, 0.3) is 0 Å². The number of carboxylic acids is 1. The molecule has 1 heterocycles. The van der Waals surface area contributed by atoms with Crippen molar-refractivity contribution in [2.75, 3.05) is 6.61 Å². The number of hydrogen-bond acceptors (Lipinski definition) is 5. The topological polar surface area (TPSA) is 96.7 Å². The van der Waals surface area contributed by atoms with E-state index in [4.69, 9.17) is 9.84 Å². The molecular weight excluding hydrogens is 226 g/mol. The van der Waals surface area contributed by atoms with Gasteiger partial charge in [-0.1, -0.05) is 6.92 Å². The molecule has 6 nitrogen and oxygen atoms in total. The van der Waals surface area contributed by atoms with E-state index >= 15 is 0 Å². The largest absolute Gasteiger partial charge is 0.505 e. The first-order valence-electron chi connectivity index (χ1n) is 5.08. The summed E-state index contributed by atoms with van der Waals surface area (Å²) in [5, 5.41) is 18.6. The molecule has 0 aliphatic carbocycles. The van der Waals surface area contributed by atoms with Crippen LogP contribution in [0.5, 0.6) is 5.75 Å². The van der Waals surface area contributed by atoms with Gasteiger partial charge in [-0.15, -0.1) is 0 Å². The Balaban J connectivity index is 3.23. The van der Waals surface area contributed by atoms with Crippen LogP contribution in [0.4, 0.5) is 0 Å². The first-order chi connectivity index (χ1) is 7.99. The summed E-state index contributed by atoms with van der Waals surface area (Å²) in [5.74, 6) is -2.64. The Kier molecular flexibility index (Phi) is 4.03. The van der Waals surface area contributed by atoms with E-state index in [9.17, 15) is 14.7 Å². The number of aromatic carboxylic acids is 1. The number of carboxylic acid groups (broad SMARTS) is 1. The van der Waals surface area contributed by atoms with Gasteiger partial charge in [-0.3, -0.25) is 4.98 Å². The lowest BCUT2D eigenvalue weighted by Gasteiger charge is -2.09. The van der Waals surface area contributed by atoms with E-state index < -0.39 is 17.7 Å². The molecule has 92 valence electrons. The zero-order chi connectivity index (χ0) is 13.0. The lowest BCUT2D eigenvalue weighted by atomic mass is 10.1. The maximum absolute atomic E-state index is 11.6. The van der Waals surface area contributed by atoms with Gasteiger partial charge in [0.2, 0.25) is 0 Å². The maximum atomic E-state index is 11.6. The SMILES string of the molecule is CCCOC(=O)c1c(C(=O)O)cnc(C)c1O. The Morgan fingerprint density at radius 1 is 1.47 bits per heavy atom. The third-order valence-corrected chi connectivity index (χ3v) is 2.11. The minimum atomic E-state index is -1.34. The zero-order valence-electron chi connectivity index (χ0n) is 9.56. The Morgan fingerprint density at radius 3 is 2.65 bits per heavy atom. The molecule has 1 rings (SSSR count). The van der Waals surface area contributed by atoms with Crippen molar-refractivity contribution in [2.24, 2.45) is 0 Å². The highest BCUT2D eigenvalue weighted by Crippen LogP contribution is 2.24. The molecule has 0 radical (unpaired) electrons. The van der Waals surface area contributed by atoms with E-state index in [2.05, 4.69) is 4.98 Å². The Morgan fingerprint density at radius 2 is 2.12 bits per heavy atom. The summed E-state index contributed by atoms with van der Waals surface area (Å²) in [6.45, 7) is 3.44. The van der Waals surface area contributed by atoms with E-state index in [-0.39, 0.29) is 23.4 Å². The molecule has 0 aliphatic rings. The number of hydrogen-bond donors (Lipinski definition) is 2. The Hall–Kier alpha value is -2.11. The number of rotatable bonds is 4. The second-order valence-electron chi connectivity index (χ2n) is 3.42. The minimum Gasteiger partial charge on any atom is -0.505 e. The second-order valence-corrected chi connectivity index (χ2v) is 3.42. The number of ether oxygens (including phenoxy) is 1. The van der Waals surface area contributed by atoms with Crippen molar-refractivity contribution >= 4 is 11.9 Å². The number of esters is 1. The average Bonchev–Trinajstić information content (AvgIpc) is 2.28. The zero-order valence-corrected chi connectivity index (χ0v) is 9.56. The predicted octanol–water partition coefficient (Wildman–Crippen LogP) is 1.36. The fraction of sp³-hybridized carbons (Fsp3) is 0.364. The minimum absolute atomic E-state index is 0.165. The number of carbonyl (C=O) groups is 2. The van der Waals surface area contributed by atoms with Crippen molar-refractivity contribution in [1.82, 2.24) is 4.98 Å². The maximum Gasteiger partial charge on any atom is 0.342 e. The summed E-state index contributed by atoms with van der Waals surface area (Å²) in [6.07, 6.45) is 1.64. The van der Waals surface area contributed by atoms with Gasteiger partial charge in [-0.2, -0.15) is 0 Å². The second kappa shape index (κ2) is 5.29. The predicted molar refractivity (Wildman–Crippen MR) is 58.2 cm³/mol. The van der Waals surface area contributed by atoms with Crippen LogP contribution in [-0.4, -0.2) is 33.7 Å². The molecule has 6 heteroatoms. The smallest absolute Gasteiger partial charge is 0.342 e. The van der Waals surface area contributed by atoms with E-state index in [0.717, 1.165) is 6.20 Å². The molecule has 0 bridgehead atoms. The van der Waals surface area contributed by atoms with Gasteiger partial charge in [0.1, 0.15) is 5.56 Å². The quantitative estimate of drug-likeness (QED) is 0.770. The molecule has 0 amide bonds. The fourth-order valence-electron chi connectivity index (χ4n) is 1.23. The van der Waals surface area contributed by atoms with Gasteiger partial charge in [0.15, 0.2) is 5.75 Å². The van der Waals surface area contributed by atoms with Crippen molar-refractivity contribution in [3.63, 3.8) is 0 Å². The molecule has 0 aliphatic heterocycles. The van der Waals surface area contributed by atoms with Crippen molar-refractivity contribution in [3.8, 4) is 5.75 Å². The van der Waals surface area contributed by atoms with E-state index in [0.29, 0.717) is 6.42 Å². The van der Waals surface area contributed by atoms with Crippen LogP contribution in [0, 0.1) is 6.92 Å². The summed E-state index contributed by atoms with van der Waals surface area (Å²) in [7, 11) is 0. The van der Waals surface area contributed by atoms with Gasteiger partial charge in [0.25, 0.3) is 0 Å². The standard InChI is InChI=1S/C11H13NO5/c1-3-4-17-11(16)8-7(10(14)15)5-12-6(2)9(8)13/h5,13H,3-4H2,1-2H3,(H,14,15). The van der Waals surface area contributed by atoms with E-state index in [1.165, 1.54) is 6.92 Å².